The Labute approximate surface area is 82.0 Å². The van der Waals surface area contributed by atoms with Crippen LogP contribution in [0.1, 0.15) is 5.56 Å². The number of halogens is 1. The summed E-state index contributed by atoms with van der Waals surface area (Å²) in [5.41, 5.74) is 2.13. The molecular weight excluding hydrogens is 184 g/mol. The van der Waals surface area contributed by atoms with Crippen LogP contribution >= 0.6 is 11.6 Å². The smallest absolute Gasteiger partial charge is 0.194 e. The van der Waals surface area contributed by atoms with Gasteiger partial charge in [0.15, 0.2) is 5.22 Å². The Balaban J connectivity index is 2.53. The molecule has 0 unspecified atom stereocenters. The zero-order chi connectivity index (χ0) is 9.26. The van der Waals surface area contributed by atoms with Crippen molar-refractivity contribution in [2.75, 3.05) is 0 Å². The van der Waals surface area contributed by atoms with Crippen LogP contribution in [0, 0.1) is 6.92 Å². The molecule has 0 aliphatic carbocycles. The minimum Gasteiger partial charge on any atom is -0.444 e. The summed E-state index contributed by atoms with van der Waals surface area (Å²) in [6.45, 7) is 1.98. The van der Waals surface area contributed by atoms with E-state index in [0.717, 1.165) is 16.9 Å². The van der Waals surface area contributed by atoms with Crippen molar-refractivity contribution in [3.63, 3.8) is 0 Å². The lowest BCUT2D eigenvalue weighted by molar-refractivity contribution is 0.583. The summed E-state index contributed by atoms with van der Waals surface area (Å²) in [5, 5.41) is 0.441. The minimum atomic E-state index is 0.441. The quantitative estimate of drug-likeness (QED) is 0.668. The van der Waals surface area contributed by atoms with Gasteiger partial charge in [0.2, 0.25) is 0 Å². The summed E-state index contributed by atoms with van der Waals surface area (Å²) < 4.78 is 5.37. The second-order valence-corrected chi connectivity index (χ2v) is 3.30. The summed E-state index contributed by atoms with van der Waals surface area (Å²) in [5.74, 6) is 0.852. The van der Waals surface area contributed by atoms with Crippen LogP contribution < -0.4 is 0 Å². The van der Waals surface area contributed by atoms with Crippen molar-refractivity contribution in [2.24, 2.45) is 0 Å². The van der Waals surface area contributed by atoms with Gasteiger partial charge in [-0.1, -0.05) is 30.3 Å². The maximum absolute atomic E-state index is 5.75. The number of furan rings is 1. The maximum Gasteiger partial charge on any atom is 0.194 e. The molecule has 0 saturated carbocycles. The van der Waals surface area contributed by atoms with Crippen molar-refractivity contribution in [3.8, 4) is 11.3 Å². The van der Waals surface area contributed by atoms with Gasteiger partial charge in [0, 0.05) is 5.56 Å². The number of hydrogen-bond acceptors (Lipinski definition) is 1. The molecule has 0 fully saturated rings. The van der Waals surface area contributed by atoms with Crippen LogP contribution in [0.15, 0.2) is 40.8 Å². The Kier molecular flexibility index (Phi) is 2.11. The van der Waals surface area contributed by atoms with Crippen LogP contribution in [0.4, 0.5) is 0 Å². The molecule has 1 aromatic carbocycles. The average molecular weight is 193 g/mol. The summed E-state index contributed by atoms with van der Waals surface area (Å²) in [6.07, 6.45) is 0. The molecule has 0 bridgehead atoms. The van der Waals surface area contributed by atoms with Crippen molar-refractivity contribution >= 4 is 11.6 Å². The van der Waals surface area contributed by atoms with E-state index in [-0.39, 0.29) is 0 Å². The Morgan fingerprint density at radius 1 is 1.15 bits per heavy atom. The van der Waals surface area contributed by atoms with Crippen LogP contribution in [0.5, 0.6) is 0 Å². The predicted molar refractivity (Wildman–Crippen MR) is 53.9 cm³/mol. The van der Waals surface area contributed by atoms with E-state index in [1.54, 1.807) is 0 Å². The Hall–Kier alpha value is -1.21. The lowest BCUT2D eigenvalue weighted by Crippen LogP contribution is -1.74. The fraction of sp³-hybridized carbons (Fsp3) is 0.0909. The maximum atomic E-state index is 5.75. The molecule has 0 aliphatic heterocycles. The van der Waals surface area contributed by atoms with E-state index >= 15 is 0 Å². The van der Waals surface area contributed by atoms with E-state index in [1.165, 1.54) is 0 Å². The van der Waals surface area contributed by atoms with Crippen molar-refractivity contribution in [1.29, 1.82) is 0 Å². The van der Waals surface area contributed by atoms with Gasteiger partial charge >= 0.3 is 0 Å². The molecule has 0 saturated heterocycles. The van der Waals surface area contributed by atoms with Crippen LogP contribution in [0.25, 0.3) is 11.3 Å². The largest absolute Gasteiger partial charge is 0.444 e. The lowest BCUT2D eigenvalue weighted by atomic mass is 10.1. The average Bonchev–Trinajstić information content (AvgIpc) is 2.47. The molecule has 0 atom stereocenters. The molecule has 0 N–H and O–H groups in total. The summed E-state index contributed by atoms with van der Waals surface area (Å²) >= 11 is 5.75. The van der Waals surface area contributed by atoms with Gasteiger partial charge in [-0.2, -0.15) is 0 Å². The fourth-order valence-electron chi connectivity index (χ4n) is 1.32. The van der Waals surface area contributed by atoms with Gasteiger partial charge in [-0.25, -0.2) is 0 Å². The van der Waals surface area contributed by atoms with E-state index in [9.17, 15) is 0 Å². The molecule has 2 aromatic rings. The summed E-state index contributed by atoms with van der Waals surface area (Å²) in [6, 6.07) is 11.8. The van der Waals surface area contributed by atoms with Crippen molar-refractivity contribution in [2.45, 2.75) is 6.92 Å². The van der Waals surface area contributed by atoms with Gasteiger partial charge in [0.25, 0.3) is 0 Å². The first kappa shape index (κ1) is 8.39. The van der Waals surface area contributed by atoms with Crippen LogP contribution in [0.2, 0.25) is 5.22 Å². The van der Waals surface area contributed by atoms with Crippen LogP contribution in [-0.4, -0.2) is 0 Å². The predicted octanol–water partition coefficient (Wildman–Crippen LogP) is 3.91. The molecule has 0 aliphatic rings. The minimum absolute atomic E-state index is 0.441. The van der Waals surface area contributed by atoms with E-state index < -0.39 is 0 Å². The molecule has 1 aromatic heterocycles. The van der Waals surface area contributed by atoms with Gasteiger partial charge in [0.1, 0.15) is 5.76 Å². The number of rotatable bonds is 1. The van der Waals surface area contributed by atoms with Crippen LogP contribution in [0.3, 0.4) is 0 Å². The second kappa shape index (κ2) is 3.27. The molecule has 0 spiro atoms. The highest BCUT2D eigenvalue weighted by molar-refractivity contribution is 6.29. The molecule has 66 valence electrons. The third-order valence-electron chi connectivity index (χ3n) is 1.92. The van der Waals surface area contributed by atoms with Gasteiger partial charge in [0.05, 0.1) is 0 Å². The van der Waals surface area contributed by atoms with Crippen molar-refractivity contribution in [3.05, 3.63) is 47.2 Å². The molecule has 1 nitrogen and oxygen atoms in total. The standard InChI is InChI=1S/C11H9ClO/c1-8-7-10(12)13-11(8)9-5-3-2-4-6-9/h2-7H,1H3. The van der Waals surface area contributed by atoms with E-state index in [0.29, 0.717) is 5.22 Å². The third-order valence-corrected chi connectivity index (χ3v) is 2.11. The third kappa shape index (κ3) is 1.61. The van der Waals surface area contributed by atoms with E-state index in [2.05, 4.69) is 0 Å². The highest BCUT2D eigenvalue weighted by Gasteiger charge is 2.07. The highest BCUT2D eigenvalue weighted by atomic mass is 35.5. The Bertz CT molecular complexity index is 403. The second-order valence-electron chi connectivity index (χ2n) is 2.93. The molecule has 2 heteroatoms. The van der Waals surface area contributed by atoms with Gasteiger partial charge < -0.3 is 4.42 Å². The van der Waals surface area contributed by atoms with Crippen molar-refractivity contribution < 1.29 is 4.42 Å². The van der Waals surface area contributed by atoms with E-state index in [4.69, 9.17) is 16.0 Å². The summed E-state index contributed by atoms with van der Waals surface area (Å²) in [7, 11) is 0. The van der Waals surface area contributed by atoms with Gasteiger partial charge in [-0.15, -0.1) is 0 Å². The molecular formula is C11H9ClO. The molecule has 0 amide bonds. The first-order chi connectivity index (χ1) is 6.27. The Morgan fingerprint density at radius 3 is 2.38 bits per heavy atom. The van der Waals surface area contributed by atoms with E-state index in [1.807, 2.05) is 43.3 Å². The zero-order valence-electron chi connectivity index (χ0n) is 7.25. The zero-order valence-corrected chi connectivity index (χ0v) is 8.01. The monoisotopic (exact) mass is 192 g/mol. The SMILES string of the molecule is Cc1cc(Cl)oc1-c1ccccc1. The highest BCUT2D eigenvalue weighted by Crippen LogP contribution is 2.28. The lowest BCUT2D eigenvalue weighted by Gasteiger charge is -1.96. The van der Waals surface area contributed by atoms with Crippen molar-refractivity contribution in [1.82, 2.24) is 0 Å². The number of benzene rings is 1. The molecule has 2 rings (SSSR count). The normalized spacial score (nSPS) is 10.3. The molecule has 1 heterocycles. The summed E-state index contributed by atoms with van der Waals surface area (Å²) in [4.78, 5) is 0. The molecule has 13 heavy (non-hydrogen) atoms. The fourth-order valence-corrected chi connectivity index (χ4v) is 1.56. The Morgan fingerprint density at radius 2 is 1.85 bits per heavy atom. The molecule has 0 radical (unpaired) electrons. The van der Waals surface area contributed by atoms with Gasteiger partial charge in [-0.3, -0.25) is 0 Å². The first-order valence-corrected chi connectivity index (χ1v) is 4.46. The number of hydrogen-bond donors (Lipinski definition) is 0. The number of aryl methyl sites for hydroxylation is 1. The first-order valence-electron chi connectivity index (χ1n) is 4.09. The van der Waals surface area contributed by atoms with Gasteiger partial charge in [-0.05, 0) is 30.2 Å². The topological polar surface area (TPSA) is 13.1 Å². The van der Waals surface area contributed by atoms with Crippen LogP contribution in [-0.2, 0) is 0 Å².